The van der Waals surface area contributed by atoms with Gasteiger partial charge in [-0.05, 0) is 17.7 Å². The van der Waals surface area contributed by atoms with Crippen LogP contribution in [-0.2, 0) is 23.1 Å². The number of phenolic OH excluding ortho intramolecular Hbond substituents is 1. The van der Waals surface area contributed by atoms with Gasteiger partial charge in [0.15, 0.2) is 5.75 Å². The second-order valence-corrected chi connectivity index (χ2v) is 8.94. The number of phenols is 1. The first-order valence-electron chi connectivity index (χ1n) is 8.73. The maximum atomic E-state index is 13.1. The molecule has 2 aromatic heterocycles. The van der Waals surface area contributed by atoms with Crippen molar-refractivity contribution < 1.29 is 28.3 Å². The number of carbonyl (C=O) groups excluding carboxylic acids is 1. The Bertz CT molecular complexity index is 1240. The van der Waals surface area contributed by atoms with Crippen molar-refractivity contribution in [3.05, 3.63) is 59.5 Å². The van der Waals surface area contributed by atoms with Crippen molar-refractivity contribution in [3.8, 4) is 5.75 Å². The maximum Gasteiger partial charge on any atom is 0.258 e. The van der Waals surface area contributed by atoms with Gasteiger partial charge in [-0.1, -0.05) is 0 Å². The molecule has 0 saturated heterocycles. The summed E-state index contributed by atoms with van der Waals surface area (Å²) in [5.41, 5.74) is 1.79. The quantitative estimate of drug-likeness (QED) is 0.486. The molecule has 1 aliphatic heterocycles. The van der Waals surface area contributed by atoms with Gasteiger partial charge in [0.1, 0.15) is 5.52 Å². The lowest BCUT2D eigenvalue weighted by Gasteiger charge is -2.22. The molecule has 29 heavy (non-hydrogen) atoms. The number of pyridine rings is 2. The number of hydrogen-bond donors (Lipinski definition) is 2. The summed E-state index contributed by atoms with van der Waals surface area (Å²) in [4.78, 5) is 18.8. The van der Waals surface area contributed by atoms with E-state index in [1.165, 1.54) is 30.5 Å². The molecule has 10 heteroatoms. The van der Waals surface area contributed by atoms with E-state index >= 15 is 0 Å². The van der Waals surface area contributed by atoms with Crippen molar-refractivity contribution in [2.24, 2.45) is 0 Å². The van der Waals surface area contributed by atoms with Crippen LogP contribution in [0.25, 0.3) is 10.9 Å². The first kappa shape index (κ1) is 18.9. The molecule has 0 saturated carbocycles. The molecule has 0 atom stereocenters. The molecule has 0 bridgehead atoms. The van der Waals surface area contributed by atoms with Crippen LogP contribution < -0.4 is 9.04 Å². The van der Waals surface area contributed by atoms with Crippen molar-refractivity contribution in [2.75, 3.05) is 17.6 Å². The molecular weight excluding hydrogens is 396 g/mol. The molecule has 0 unspecified atom stereocenters. The van der Waals surface area contributed by atoms with Crippen molar-refractivity contribution >= 4 is 32.5 Å². The third-order valence-corrected chi connectivity index (χ3v) is 6.21. The van der Waals surface area contributed by atoms with E-state index in [1.54, 1.807) is 24.3 Å². The smallest absolute Gasteiger partial charge is 0.258 e. The number of fused-ring (bicyclic) bond motifs is 2. The number of hydrogen-bond acceptors (Lipinski definition) is 6. The van der Waals surface area contributed by atoms with Crippen LogP contribution >= 0.6 is 0 Å². The third-order valence-electron chi connectivity index (χ3n) is 5.03. The van der Waals surface area contributed by atoms with Gasteiger partial charge in [-0.25, -0.2) is 8.42 Å². The summed E-state index contributed by atoms with van der Waals surface area (Å²) in [5, 5.41) is 20.6. The molecule has 9 nitrogen and oxygen atoms in total. The topological polar surface area (TPSA) is 115 Å². The molecule has 3 heterocycles. The van der Waals surface area contributed by atoms with Crippen LogP contribution in [0.5, 0.6) is 5.75 Å². The summed E-state index contributed by atoms with van der Waals surface area (Å²) in [7, 11) is -2.20. The Morgan fingerprint density at radius 2 is 1.97 bits per heavy atom. The lowest BCUT2D eigenvalue weighted by atomic mass is 10.0. The number of amides is 1. The highest BCUT2D eigenvalue weighted by molar-refractivity contribution is 7.92. The Balaban J connectivity index is 1.88. The zero-order valence-corrected chi connectivity index (χ0v) is 16.6. The summed E-state index contributed by atoms with van der Waals surface area (Å²) in [5.74, 6) is -0.663. The highest BCUT2D eigenvalue weighted by Crippen LogP contribution is 2.44. The summed E-state index contributed by atoms with van der Waals surface area (Å²) in [6.45, 7) is 0.370. The Morgan fingerprint density at radius 1 is 1.28 bits per heavy atom. The SMILES string of the molecule is CN(c1c2c(c(O)c3ncccc13)C(=O)N(Cc1cc[n+](O)cc1)C2)S(C)(=O)=O. The number of sulfonamides is 1. The third kappa shape index (κ3) is 3.11. The molecule has 0 spiro atoms. The zero-order valence-electron chi connectivity index (χ0n) is 15.8. The molecule has 2 N–H and O–H groups in total. The number of rotatable bonds is 4. The number of aromatic hydroxyl groups is 1. The number of carbonyl (C=O) groups is 1. The largest absolute Gasteiger partial charge is 0.505 e. The van der Waals surface area contributed by atoms with Gasteiger partial charge < -0.3 is 10.0 Å². The summed E-state index contributed by atoms with van der Waals surface area (Å²) >= 11 is 0. The van der Waals surface area contributed by atoms with E-state index in [-0.39, 0.29) is 29.9 Å². The minimum Gasteiger partial charge on any atom is -0.505 e. The van der Waals surface area contributed by atoms with Gasteiger partial charge in [-0.15, -0.1) is 0 Å². The van der Waals surface area contributed by atoms with Gasteiger partial charge in [-0.2, -0.15) is 0 Å². The molecule has 1 aromatic carbocycles. The highest BCUT2D eigenvalue weighted by Gasteiger charge is 2.37. The first-order valence-corrected chi connectivity index (χ1v) is 10.6. The number of aromatic nitrogens is 2. The Morgan fingerprint density at radius 3 is 2.62 bits per heavy atom. The summed E-state index contributed by atoms with van der Waals surface area (Å²) < 4.78 is 26.5. The van der Waals surface area contributed by atoms with E-state index in [1.807, 2.05) is 0 Å². The van der Waals surface area contributed by atoms with Gasteiger partial charge in [0, 0.05) is 54.1 Å². The second-order valence-electron chi connectivity index (χ2n) is 6.93. The molecule has 0 fully saturated rings. The normalized spacial score (nSPS) is 13.7. The average molecular weight is 415 g/mol. The predicted molar refractivity (Wildman–Crippen MR) is 104 cm³/mol. The van der Waals surface area contributed by atoms with E-state index < -0.39 is 15.9 Å². The van der Waals surface area contributed by atoms with Gasteiger partial charge in [0.05, 0.1) is 17.5 Å². The standard InChI is InChI=1S/C19H18N4O5S/c1-21(29(2,27)28)17-13-4-3-7-20-16(13)18(24)15-14(17)11-22(19(15)25)10-12-5-8-23(26)9-6-12/h3-9H,10-11H2,1-2H3,(H-,24,25,26)/p+1. The van der Waals surface area contributed by atoms with Gasteiger partial charge in [0.25, 0.3) is 5.91 Å². The lowest BCUT2D eigenvalue weighted by Crippen LogP contribution is -2.29. The van der Waals surface area contributed by atoms with Gasteiger partial charge in [0.2, 0.25) is 22.4 Å². The van der Waals surface area contributed by atoms with Crippen molar-refractivity contribution in [3.63, 3.8) is 0 Å². The highest BCUT2D eigenvalue weighted by atomic mass is 32.2. The number of nitrogens with zero attached hydrogens (tertiary/aromatic N) is 4. The number of anilines is 1. The van der Waals surface area contributed by atoms with E-state index in [4.69, 9.17) is 0 Å². The molecule has 4 rings (SSSR count). The maximum absolute atomic E-state index is 13.1. The lowest BCUT2D eigenvalue weighted by molar-refractivity contribution is -0.904. The predicted octanol–water partition coefficient (Wildman–Crippen LogP) is 1.02. The molecule has 150 valence electrons. The molecule has 1 aliphatic rings. The fraction of sp³-hybridized carbons (Fsp3) is 0.211. The summed E-state index contributed by atoms with van der Waals surface area (Å²) in [6, 6.07) is 6.65. The summed E-state index contributed by atoms with van der Waals surface area (Å²) in [6.07, 6.45) is 5.45. The van der Waals surface area contributed by atoms with Crippen molar-refractivity contribution in [1.82, 2.24) is 9.88 Å². The number of benzene rings is 1. The molecule has 1 amide bonds. The van der Waals surface area contributed by atoms with E-state index in [2.05, 4.69) is 4.98 Å². The zero-order chi connectivity index (χ0) is 20.9. The first-order chi connectivity index (χ1) is 13.7. The second kappa shape index (κ2) is 6.59. The molecule has 0 aliphatic carbocycles. The van der Waals surface area contributed by atoms with E-state index in [0.717, 1.165) is 20.9 Å². The average Bonchev–Trinajstić information content (AvgIpc) is 2.99. The van der Waals surface area contributed by atoms with Crippen LogP contribution in [-0.4, -0.2) is 47.8 Å². The van der Waals surface area contributed by atoms with E-state index in [0.29, 0.717) is 16.6 Å². The monoisotopic (exact) mass is 415 g/mol. The van der Waals surface area contributed by atoms with Gasteiger partial charge >= 0.3 is 0 Å². The van der Waals surface area contributed by atoms with Crippen LogP contribution in [0.3, 0.4) is 0 Å². The Labute approximate surface area is 167 Å². The fourth-order valence-electron chi connectivity index (χ4n) is 3.56. The Kier molecular flexibility index (Phi) is 4.30. The van der Waals surface area contributed by atoms with Crippen molar-refractivity contribution in [1.29, 1.82) is 0 Å². The van der Waals surface area contributed by atoms with E-state index in [9.17, 15) is 23.5 Å². The van der Waals surface area contributed by atoms with Crippen LogP contribution in [0.2, 0.25) is 0 Å². The Hall–Kier alpha value is -3.40. The molecule has 3 aromatic rings. The van der Waals surface area contributed by atoms with Crippen LogP contribution in [0, 0.1) is 0 Å². The minimum absolute atomic E-state index is 0.0647. The van der Waals surface area contributed by atoms with Crippen LogP contribution in [0.1, 0.15) is 21.5 Å². The minimum atomic E-state index is -3.62. The molecular formula is C19H19N4O5S+. The van der Waals surface area contributed by atoms with Crippen LogP contribution in [0.15, 0.2) is 42.9 Å². The fourth-order valence-corrected chi connectivity index (χ4v) is 4.10. The van der Waals surface area contributed by atoms with Crippen molar-refractivity contribution in [2.45, 2.75) is 13.1 Å². The van der Waals surface area contributed by atoms with Gasteiger partial charge in [-0.3, -0.25) is 19.3 Å². The van der Waals surface area contributed by atoms with Crippen LogP contribution in [0.4, 0.5) is 5.69 Å². The molecule has 0 radical (unpaired) electrons.